The van der Waals surface area contributed by atoms with Crippen molar-refractivity contribution in [3.05, 3.63) is 0 Å². The molecule has 2 fully saturated rings. The Morgan fingerprint density at radius 2 is 1.75 bits per heavy atom. The van der Waals surface area contributed by atoms with Crippen LogP contribution in [0.3, 0.4) is 0 Å². The lowest BCUT2D eigenvalue weighted by atomic mass is 9.75. The number of unbranched alkanes of at least 4 members (excludes halogenated alkanes) is 2. The summed E-state index contributed by atoms with van der Waals surface area (Å²) in [6, 6.07) is 0. The first kappa shape index (κ1) is 12.4. The van der Waals surface area contributed by atoms with E-state index in [1.54, 1.807) is 0 Å². The molecule has 0 radical (unpaired) electrons. The van der Waals surface area contributed by atoms with Gasteiger partial charge in [0.2, 0.25) is 0 Å². The van der Waals surface area contributed by atoms with Crippen molar-refractivity contribution in [3.63, 3.8) is 0 Å². The Morgan fingerprint density at radius 3 is 2.56 bits per heavy atom. The average Bonchev–Trinajstić information content (AvgIpc) is 2.34. The molecule has 0 bridgehead atoms. The molecule has 1 aliphatic heterocycles. The summed E-state index contributed by atoms with van der Waals surface area (Å²) in [6.45, 7) is 4.95. The van der Waals surface area contributed by atoms with Gasteiger partial charge in [-0.05, 0) is 57.2 Å². The van der Waals surface area contributed by atoms with Crippen LogP contribution in [0.5, 0.6) is 0 Å². The zero-order valence-electron chi connectivity index (χ0n) is 10.7. The molecular formula is C14H28N2. The molecule has 2 N–H and O–H groups in total. The van der Waals surface area contributed by atoms with Gasteiger partial charge in [-0.2, -0.15) is 0 Å². The van der Waals surface area contributed by atoms with E-state index < -0.39 is 0 Å². The zero-order valence-corrected chi connectivity index (χ0v) is 10.7. The standard InChI is InChI=1S/C14H28N2/c15-9-4-1-5-10-16-11-8-13-6-2-3-7-14(13)12-16/h13-14H,1-12,15H2/t13-,14-/m0/s1. The smallest absolute Gasteiger partial charge is 0.00123 e. The first-order chi connectivity index (χ1) is 7.90. The maximum atomic E-state index is 5.52. The van der Waals surface area contributed by atoms with Gasteiger partial charge in [-0.1, -0.05) is 25.7 Å². The Morgan fingerprint density at radius 1 is 0.938 bits per heavy atom. The summed E-state index contributed by atoms with van der Waals surface area (Å²) in [6.07, 6.45) is 11.4. The van der Waals surface area contributed by atoms with Crippen molar-refractivity contribution in [2.24, 2.45) is 17.6 Å². The number of fused-ring (bicyclic) bond motifs is 1. The molecule has 0 spiro atoms. The van der Waals surface area contributed by atoms with Crippen molar-refractivity contribution < 1.29 is 0 Å². The second-order valence-corrected chi connectivity index (χ2v) is 5.74. The summed E-state index contributed by atoms with van der Waals surface area (Å²) in [5, 5.41) is 0. The lowest BCUT2D eigenvalue weighted by molar-refractivity contribution is 0.0857. The molecule has 0 unspecified atom stereocenters. The summed E-state index contributed by atoms with van der Waals surface area (Å²) < 4.78 is 0. The SMILES string of the molecule is NCCCCCN1CC[C@@H]2CCCC[C@H]2C1. The van der Waals surface area contributed by atoms with Crippen LogP contribution in [0, 0.1) is 11.8 Å². The largest absolute Gasteiger partial charge is 0.330 e. The van der Waals surface area contributed by atoms with Gasteiger partial charge in [-0.25, -0.2) is 0 Å². The molecule has 1 aliphatic carbocycles. The lowest BCUT2D eigenvalue weighted by Gasteiger charge is -2.41. The number of piperidine rings is 1. The van der Waals surface area contributed by atoms with E-state index >= 15 is 0 Å². The van der Waals surface area contributed by atoms with E-state index in [9.17, 15) is 0 Å². The molecule has 0 aromatic carbocycles. The number of hydrogen-bond acceptors (Lipinski definition) is 2. The Balaban J connectivity index is 1.65. The summed E-state index contributed by atoms with van der Waals surface area (Å²) in [4.78, 5) is 2.71. The first-order valence-corrected chi connectivity index (χ1v) is 7.32. The molecule has 2 nitrogen and oxygen atoms in total. The molecule has 2 rings (SSSR count). The maximum Gasteiger partial charge on any atom is 0.00123 e. The van der Waals surface area contributed by atoms with Crippen LogP contribution in [-0.4, -0.2) is 31.1 Å². The molecule has 94 valence electrons. The van der Waals surface area contributed by atoms with Crippen molar-refractivity contribution >= 4 is 0 Å². The monoisotopic (exact) mass is 224 g/mol. The van der Waals surface area contributed by atoms with E-state index in [1.807, 2.05) is 0 Å². The van der Waals surface area contributed by atoms with Crippen LogP contribution in [0.4, 0.5) is 0 Å². The highest BCUT2D eigenvalue weighted by atomic mass is 15.1. The van der Waals surface area contributed by atoms with Gasteiger partial charge in [0.25, 0.3) is 0 Å². The topological polar surface area (TPSA) is 29.3 Å². The number of nitrogens with zero attached hydrogens (tertiary/aromatic N) is 1. The van der Waals surface area contributed by atoms with Gasteiger partial charge in [-0.3, -0.25) is 0 Å². The normalized spacial score (nSPS) is 31.3. The fraction of sp³-hybridized carbons (Fsp3) is 1.00. The Bertz CT molecular complexity index is 193. The molecule has 2 atom stereocenters. The third-order valence-corrected chi connectivity index (χ3v) is 4.55. The van der Waals surface area contributed by atoms with Crippen LogP contribution in [0.25, 0.3) is 0 Å². The van der Waals surface area contributed by atoms with Crippen molar-refractivity contribution in [1.82, 2.24) is 4.90 Å². The van der Waals surface area contributed by atoms with Crippen LogP contribution >= 0.6 is 0 Å². The van der Waals surface area contributed by atoms with Crippen molar-refractivity contribution in [1.29, 1.82) is 0 Å². The van der Waals surface area contributed by atoms with Gasteiger partial charge < -0.3 is 10.6 Å². The second-order valence-electron chi connectivity index (χ2n) is 5.74. The third kappa shape index (κ3) is 3.46. The molecule has 0 amide bonds. The van der Waals surface area contributed by atoms with Crippen LogP contribution < -0.4 is 5.73 Å². The highest BCUT2D eigenvalue weighted by molar-refractivity contribution is 4.83. The Kier molecular flexibility index (Phi) is 5.11. The lowest BCUT2D eigenvalue weighted by Crippen LogP contribution is -2.42. The first-order valence-electron chi connectivity index (χ1n) is 7.32. The average molecular weight is 224 g/mol. The van der Waals surface area contributed by atoms with Crippen LogP contribution in [0.15, 0.2) is 0 Å². The number of likely N-dealkylation sites (tertiary alicyclic amines) is 1. The summed E-state index contributed by atoms with van der Waals surface area (Å²) in [7, 11) is 0. The van der Waals surface area contributed by atoms with E-state index in [2.05, 4.69) is 4.90 Å². The van der Waals surface area contributed by atoms with Gasteiger partial charge in [0.1, 0.15) is 0 Å². The van der Waals surface area contributed by atoms with Crippen molar-refractivity contribution in [3.8, 4) is 0 Å². The Hall–Kier alpha value is -0.0800. The molecule has 0 aromatic rings. The highest BCUT2D eigenvalue weighted by Gasteiger charge is 2.30. The molecule has 1 heterocycles. The van der Waals surface area contributed by atoms with Crippen molar-refractivity contribution in [2.45, 2.75) is 51.4 Å². The minimum absolute atomic E-state index is 0.866. The molecule has 2 aliphatic rings. The predicted molar refractivity (Wildman–Crippen MR) is 69.4 cm³/mol. The number of rotatable bonds is 5. The minimum atomic E-state index is 0.866. The van der Waals surface area contributed by atoms with Crippen molar-refractivity contribution in [2.75, 3.05) is 26.2 Å². The van der Waals surface area contributed by atoms with Gasteiger partial charge >= 0.3 is 0 Å². The fourth-order valence-electron chi connectivity index (χ4n) is 3.54. The second kappa shape index (κ2) is 6.61. The van der Waals surface area contributed by atoms with Gasteiger partial charge in [0.15, 0.2) is 0 Å². The number of nitrogens with two attached hydrogens (primary N) is 1. The summed E-state index contributed by atoms with van der Waals surface area (Å²) >= 11 is 0. The summed E-state index contributed by atoms with van der Waals surface area (Å²) in [5.74, 6) is 2.12. The summed E-state index contributed by atoms with van der Waals surface area (Å²) in [5.41, 5.74) is 5.52. The fourth-order valence-corrected chi connectivity index (χ4v) is 3.54. The zero-order chi connectivity index (χ0) is 11.2. The molecule has 1 saturated carbocycles. The Labute approximate surface area is 101 Å². The molecule has 0 aromatic heterocycles. The van der Waals surface area contributed by atoms with E-state index in [0.29, 0.717) is 0 Å². The molecule has 1 saturated heterocycles. The molecule has 2 heteroatoms. The van der Waals surface area contributed by atoms with Crippen LogP contribution in [0.1, 0.15) is 51.4 Å². The quantitative estimate of drug-likeness (QED) is 0.727. The van der Waals surface area contributed by atoms with E-state index in [-0.39, 0.29) is 0 Å². The van der Waals surface area contributed by atoms with Gasteiger partial charge in [-0.15, -0.1) is 0 Å². The van der Waals surface area contributed by atoms with Gasteiger partial charge in [0, 0.05) is 6.54 Å². The van der Waals surface area contributed by atoms with E-state index in [1.165, 1.54) is 71.0 Å². The molecular weight excluding hydrogens is 196 g/mol. The van der Waals surface area contributed by atoms with Gasteiger partial charge in [0.05, 0.1) is 0 Å². The predicted octanol–water partition coefficient (Wildman–Crippen LogP) is 2.63. The van der Waals surface area contributed by atoms with Crippen LogP contribution in [0.2, 0.25) is 0 Å². The number of hydrogen-bond donors (Lipinski definition) is 1. The minimum Gasteiger partial charge on any atom is -0.330 e. The third-order valence-electron chi connectivity index (χ3n) is 4.55. The van der Waals surface area contributed by atoms with E-state index in [4.69, 9.17) is 5.73 Å². The molecule has 16 heavy (non-hydrogen) atoms. The van der Waals surface area contributed by atoms with E-state index in [0.717, 1.165) is 18.4 Å². The maximum absolute atomic E-state index is 5.52. The highest BCUT2D eigenvalue weighted by Crippen LogP contribution is 2.35. The van der Waals surface area contributed by atoms with Crippen LogP contribution in [-0.2, 0) is 0 Å².